The van der Waals surface area contributed by atoms with E-state index in [1.54, 1.807) is 0 Å². The van der Waals surface area contributed by atoms with Gasteiger partial charge in [-0.2, -0.15) is 0 Å². The van der Waals surface area contributed by atoms with Gasteiger partial charge in [0.15, 0.2) is 0 Å². The molecule has 4 atom stereocenters. The Morgan fingerprint density at radius 3 is 2.67 bits per heavy atom. The Balaban J connectivity index is 1.67. The first-order valence-corrected chi connectivity index (χ1v) is 6.83. The van der Waals surface area contributed by atoms with Crippen molar-refractivity contribution in [2.45, 2.75) is 57.5 Å². The maximum absolute atomic E-state index is 11.8. The van der Waals surface area contributed by atoms with Crippen LogP contribution in [-0.2, 0) is 4.79 Å². The van der Waals surface area contributed by atoms with Crippen LogP contribution in [0.4, 0.5) is 4.79 Å². The lowest BCUT2D eigenvalue weighted by Gasteiger charge is -2.24. The molecule has 0 aliphatic heterocycles. The van der Waals surface area contributed by atoms with Crippen LogP contribution < -0.4 is 10.6 Å². The molecule has 5 nitrogen and oxygen atoms in total. The summed E-state index contributed by atoms with van der Waals surface area (Å²) in [5.74, 6) is 0.650. The highest BCUT2D eigenvalue weighted by molar-refractivity contribution is 5.74. The maximum atomic E-state index is 11.8. The van der Waals surface area contributed by atoms with Crippen molar-refractivity contribution in [1.82, 2.24) is 10.6 Å². The number of fused-ring (bicyclic) bond motifs is 2. The summed E-state index contributed by atoms with van der Waals surface area (Å²) in [7, 11) is 0. The van der Waals surface area contributed by atoms with Crippen LogP contribution in [0, 0.1) is 11.8 Å². The monoisotopic (exact) mass is 254 g/mol. The molecule has 2 saturated carbocycles. The van der Waals surface area contributed by atoms with Crippen LogP contribution in [0.15, 0.2) is 0 Å². The van der Waals surface area contributed by atoms with Crippen molar-refractivity contribution in [3.8, 4) is 0 Å². The molecular formula is C13H22N2O3. The van der Waals surface area contributed by atoms with Crippen molar-refractivity contribution in [1.29, 1.82) is 0 Å². The van der Waals surface area contributed by atoms with Gasteiger partial charge >= 0.3 is 12.0 Å². The molecule has 0 heterocycles. The van der Waals surface area contributed by atoms with Crippen molar-refractivity contribution >= 4 is 12.0 Å². The van der Waals surface area contributed by atoms with Crippen LogP contribution >= 0.6 is 0 Å². The lowest BCUT2D eigenvalue weighted by atomic mass is 9.95. The van der Waals surface area contributed by atoms with Gasteiger partial charge in [-0.1, -0.05) is 6.42 Å². The van der Waals surface area contributed by atoms with Gasteiger partial charge in [0.2, 0.25) is 0 Å². The average Bonchev–Trinajstić information content (AvgIpc) is 2.87. The molecule has 0 radical (unpaired) electrons. The molecule has 2 aliphatic rings. The standard InChI is InChI=1S/C13H22N2O3/c1-8(2-5-12(16)17)14-13(18)15-11-7-9-3-4-10(11)6-9/h8-11H,2-7H2,1H3,(H,16,17)(H2,14,15,18). The molecule has 0 saturated heterocycles. The number of carbonyl (C=O) groups is 2. The number of hydrogen-bond acceptors (Lipinski definition) is 2. The number of aliphatic carboxylic acids is 1. The van der Waals surface area contributed by atoms with Gasteiger partial charge in [0, 0.05) is 18.5 Å². The van der Waals surface area contributed by atoms with Gasteiger partial charge in [-0.3, -0.25) is 4.79 Å². The molecule has 2 bridgehead atoms. The second kappa shape index (κ2) is 5.59. The SMILES string of the molecule is CC(CCC(=O)O)NC(=O)NC1CC2CCC1C2. The minimum absolute atomic E-state index is 0.0928. The van der Waals surface area contributed by atoms with E-state index < -0.39 is 5.97 Å². The van der Waals surface area contributed by atoms with Crippen LogP contribution in [0.5, 0.6) is 0 Å². The van der Waals surface area contributed by atoms with Crippen LogP contribution in [0.2, 0.25) is 0 Å². The number of amides is 2. The van der Waals surface area contributed by atoms with Crippen molar-refractivity contribution in [2.24, 2.45) is 11.8 Å². The molecule has 4 unspecified atom stereocenters. The van der Waals surface area contributed by atoms with Gasteiger partial charge in [0.05, 0.1) is 0 Å². The second-order valence-corrected chi connectivity index (χ2v) is 5.73. The Hall–Kier alpha value is -1.26. The van der Waals surface area contributed by atoms with Crippen molar-refractivity contribution < 1.29 is 14.7 Å². The molecule has 2 rings (SSSR count). The minimum atomic E-state index is -0.822. The zero-order valence-electron chi connectivity index (χ0n) is 10.8. The Morgan fingerprint density at radius 1 is 1.33 bits per heavy atom. The van der Waals surface area contributed by atoms with Gasteiger partial charge in [0.1, 0.15) is 0 Å². The van der Waals surface area contributed by atoms with Gasteiger partial charge in [-0.25, -0.2) is 4.79 Å². The van der Waals surface area contributed by atoms with Gasteiger partial charge in [-0.05, 0) is 44.4 Å². The van der Waals surface area contributed by atoms with Crippen molar-refractivity contribution in [3.63, 3.8) is 0 Å². The first kappa shape index (κ1) is 13.2. The lowest BCUT2D eigenvalue weighted by Crippen LogP contribution is -2.47. The van der Waals surface area contributed by atoms with E-state index in [1.807, 2.05) is 6.92 Å². The van der Waals surface area contributed by atoms with Crippen molar-refractivity contribution in [3.05, 3.63) is 0 Å². The first-order valence-electron chi connectivity index (χ1n) is 6.83. The molecule has 0 aromatic rings. The van der Waals surface area contributed by atoms with E-state index in [1.165, 1.54) is 19.3 Å². The summed E-state index contributed by atoms with van der Waals surface area (Å²) in [6.45, 7) is 1.84. The average molecular weight is 254 g/mol. The van der Waals surface area contributed by atoms with E-state index >= 15 is 0 Å². The lowest BCUT2D eigenvalue weighted by molar-refractivity contribution is -0.137. The number of carbonyl (C=O) groups excluding carboxylic acids is 1. The van der Waals surface area contributed by atoms with E-state index in [0.717, 1.165) is 12.3 Å². The van der Waals surface area contributed by atoms with E-state index in [9.17, 15) is 9.59 Å². The summed E-state index contributed by atoms with van der Waals surface area (Å²) in [5.41, 5.74) is 0. The smallest absolute Gasteiger partial charge is 0.315 e. The Morgan fingerprint density at radius 2 is 2.11 bits per heavy atom. The number of carboxylic acids is 1. The fourth-order valence-electron chi connectivity index (χ4n) is 3.27. The summed E-state index contributed by atoms with van der Waals surface area (Å²) in [6, 6.07) is 0.0838. The molecule has 5 heteroatoms. The zero-order chi connectivity index (χ0) is 13.1. The summed E-state index contributed by atoms with van der Waals surface area (Å²) in [5, 5.41) is 14.4. The van der Waals surface area contributed by atoms with Crippen LogP contribution in [0.3, 0.4) is 0 Å². The molecule has 3 N–H and O–H groups in total. The van der Waals surface area contributed by atoms with E-state index in [4.69, 9.17) is 5.11 Å². The fraction of sp³-hybridized carbons (Fsp3) is 0.846. The molecule has 0 spiro atoms. The summed E-state index contributed by atoms with van der Waals surface area (Å²) < 4.78 is 0. The summed E-state index contributed by atoms with van der Waals surface area (Å²) in [6.07, 6.45) is 5.50. The molecular weight excluding hydrogens is 232 g/mol. The third-order valence-electron chi connectivity index (χ3n) is 4.22. The quantitative estimate of drug-likeness (QED) is 0.699. The second-order valence-electron chi connectivity index (χ2n) is 5.73. The molecule has 0 aromatic heterocycles. The highest BCUT2D eigenvalue weighted by Crippen LogP contribution is 2.44. The molecule has 2 fully saturated rings. The third kappa shape index (κ3) is 3.37. The van der Waals surface area contributed by atoms with E-state index in [0.29, 0.717) is 18.4 Å². The number of carboxylic acid groups (broad SMARTS) is 1. The topological polar surface area (TPSA) is 78.4 Å². The molecule has 2 amide bonds. The highest BCUT2D eigenvalue weighted by Gasteiger charge is 2.40. The molecule has 102 valence electrons. The van der Waals surface area contributed by atoms with Gasteiger partial charge in [0.25, 0.3) is 0 Å². The molecule has 0 aromatic carbocycles. The maximum Gasteiger partial charge on any atom is 0.315 e. The fourth-order valence-corrected chi connectivity index (χ4v) is 3.27. The van der Waals surface area contributed by atoms with Crippen LogP contribution in [0.25, 0.3) is 0 Å². The normalized spacial score (nSPS) is 31.1. The number of rotatable bonds is 5. The largest absolute Gasteiger partial charge is 0.481 e. The Kier molecular flexibility index (Phi) is 4.09. The minimum Gasteiger partial charge on any atom is -0.481 e. The van der Waals surface area contributed by atoms with Crippen molar-refractivity contribution in [2.75, 3.05) is 0 Å². The zero-order valence-corrected chi connectivity index (χ0v) is 10.8. The highest BCUT2D eigenvalue weighted by atomic mass is 16.4. The number of nitrogens with one attached hydrogen (secondary N) is 2. The Labute approximate surface area is 107 Å². The predicted octanol–water partition coefficient (Wildman–Crippen LogP) is 1.73. The van der Waals surface area contributed by atoms with Crippen LogP contribution in [0.1, 0.15) is 45.4 Å². The summed E-state index contributed by atoms with van der Waals surface area (Å²) >= 11 is 0. The van der Waals surface area contributed by atoms with Gasteiger partial charge in [-0.15, -0.1) is 0 Å². The number of urea groups is 1. The first-order chi connectivity index (χ1) is 8.54. The Bertz CT molecular complexity index is 332. The van der Waals surface area contributed by atoms with Gasteiger partial charge < -0.3 is 15.7 Å². The number of hydrogen-bond donors (Lipinski definition) is 3. The third-order valence-corrected chi connectivity index (χ3v) is 4.22. The van der Waals surface area contributed by atoms with Crippen LogP contribution in [-0.4, -0.2) is 29.2 Å². The predicted molar refractivity (Wildman–Crippen MR) is 67.2 cm³/mol. The summed E-state index contributed by atoms with van der Waals surface area (Å²) in [4.78, 5) is 22.2. The van der Waals surface area contributed by atoms with E-state index in [-0.39, 0.29) is 18.5 Å². The molecule has 18 heavy (non-hydrogen) atoms. The molecule has 2 aliphatic carbocycles. The van der Waals surface area contributed by atoms with E-state index in [2.05, 4.69) is 10.6 Å².